The zero-order valence-corrected chi connectivity index (χ0v) is 14.2. The quantitative estimate of drug-likeness (QED) is 0.739. The van der Waals surface area contributed by atoms with Gasteiger partial charge in [0.25, 0.3) is 5.91 Å². The van der Waals surface area contributed by atoms with Gasteiger partial charge in [-0.2, -0.15) is 5.26 Å². The molecular weight excluding hydrogens is 326 g/mol. The third-order valence-electron chi connectivity index (χ3n) is 3.81. The molecule has 128 valence electrons. The summed E-state index contributed by atoms with van der Waals surface area (Å²) in [6.07, 6.45) is 3.15. The predicted octanol–water partition coefficient (Wildman–Crippen LogP) is 3.52. The van der Waals surface area contributed by atoms with Gasteiger partial charge in [0, 0.05) is 24.6 Å². The van der Waals surface area contributed by atoms with Crippen LogP contribution in [0.4, 0.5) is 11.5 Å². The van der Waals surface area contributed by atoms with Gasteiger partial charge in [0.15, 0.2) is 0 Å². The van der Waals surface area contributed by atoms with E-state index in [4.69, 9.17) is 5.26 Å². The minimum absolute atomic E-state index is 0.197. The molecule has 0 spiro atoms. The minimum atomic E-state index is -0.197. The van der Waals surface area contributed by atoms with Gasteiger partial charge in [-0.3, -0.25) is 9.78 Å². The fourth-order valence-corrected chi connectivity index (χ4v) is 2.34. The molecule has 0 radical (unpaired) electrons. The van der Waals surface area contributed by atoms with Crippen LogP contribution in [-0.2, 0) is 6.54 Å². The van der Waals surface area contributed by atoms with Crippen molar-refractivity contribution in [1.29, 1.82) is 5.26 Å². The lowest BCUT2D eigenvalue weighted by molar-refractivity contribution is 0.102. The number of carbonyl (C=O) groups is 1. The first-order chi connectivity index (χ1) is 12.7. The van der Waals surface area contributed by atoms with E-state index < -0.39 is 0 Å². The molecule has 0 fully saturated rings. The van der Waals surface area contributed by atoms with Crippen molar-refractivity contribution < 1.29 is 4.79 Å². The average molecular weight is 343 g/mol. The van der Waals surface area contributed by atoms with Crippen LogP contribution in [0.3, 0.4) is 0 Å². The monoisotopic (exact) mass is 343 g/mol. The standard InChI is InChI=1S/C20H17N5O/c1-14-4-9-19(25-18(14)11-21)23-12-15-5-7-17(8-6-15)24-20(26)16-3-2-10-22-13-16/h2-10,13H,12H2,1H3,(H,23,25)(H,24,26). The highest BCUT2D eigenvalue weighted by Gasteiger charge is 2.06. The van der Waals surface area contributed by atoms with Crippen LogP contribution in [0, 0.1) is 18.3 Å². The first-order valence-corrected chi connectivity index (χ1v) is 8.07. The molecule has 0 unspecified atom stereocenters. The number of rotatable bonds is 5. The van der Waals surface area contributed by atoms with Crippen molar-refractivity contribution in [1.82, 2.24) is 9.97 Å². The first-order valence-electron chi connectivity index (χ1n) is 8.07. The molecule has 2 heterocycles. The summed E-state index contributed by atoms with van der Waals surface area (Å²) >= 11 is 0. The first kappa shape index (κ1) is 17.1. The van der Waals surface area contributed by atoms with Crippen LogP contribution in [0.5, 0.6) is 0 Å². The van der Waals surface area contributed by atoms with Crippen molar-refractivity contribution in [2.24, 2.45) is 0 Å². The Morgan fingerprint density at radius 3 is 2.65 bits per heavy atom. The second kappa shape index (κ2) is 7.90. The molecule has 0 aliphatic rings. The molecule has 26 heavy (non-hydrogen) atoms. The number of aromatic nitrogens is 2. The van der Waals surface area contributed by atoms with Crippen LogP contribution in [-0.4, -0.2) is 15.9 Å². The number of nitriles is 1. The molecule has 0 aliphatic carbocycles. The number of hydrogen-bond donors (Lipinski definition) is 2. The fraction of sp³-hybridized carbons (Fsp3) is 0.100. The summed E-state index contributed by atoms with van der Waals surface area (Å²) in [5.41, 5.74) is 3.53. The van der Waals surface area contributed by atoms with Gasteiger partial charge in [0.05, 0.1) is 5.56 Å². The molecule has 1 amide bonds. The molecule has 0 aliphatic heterocycles. The maximum atomic E-state index is 12.1. The molecule has 0 saturated carbocycles. The lowest BCUT2D eigenvalue weighted by Gasteiger charge is -2.09. The Labute approximate surface area is 151 Å². The van der Waals surface area contributed by atoms with Crippen LogP contribution in [0.25, 0.3) is 0 Å². The maximum absolute atomic E-state index is 12.1. The van der Waals surface area contributed by atoms with E-state index in [1.165, 1.54) is 6.20 Å². The number of anilines is 2. The normalized spacial score (nSPS) is 10.0. The smallest absolute Gasteiger partial charge is 0.257 e. The number of carbonyl (C=O) groups excluding carboxylic acids is 1. The average Bonchev–Trinajstić information content (AvgIpc) is 2.69. The molecule has 6 heteroatoms. The summed E-state index contributed by atoms with van der Waals surface area (Å²) in [7, 11) is 0. The van der Waals surface area contributed by atoms with Crippen LogP contribution in [0.2, 0.25) is 0 Å². The van der Waals surface area contributed by atoms with E-state index in [-0.39, 0.29) is 5.91 Å². The highest BCUT2D eigenvalue weighted by atomic mass is 16.1. The Morgan fingerprint density at radius 2 is 1.96 bits per heavy atom. The number of pyridine rings is 2. The van der Waals surface area contributed by atoms with Gasteiger partial charge >= 0.3 is 0 Å². The van der Waals surface area contributed by atoms with Gasteiger partial charge in [0.2, 0.25) is 0 Å². The van der Waals surface area contributed by atoms with Crippen LogP contribution < -0.4 is 10.6 Å². The molecule has 3 aromatic rings. The Balaban J connectivity index is 1.60. The summed E-state index contributed by atoms with van der Waals surface area (Å²) in [6, 6.07) is 16.8. The molecule has 2 aromatic heterocycles. The van der Waals surface area contributed by atoms with Crippen molar-refractivity contribution in [3.63, 3.8) is 0 Å². The highest BCUT2D eigenvalue weighted by molar-refractivity contribution is 6.03. The Morgan fingerprint density at radius 1 is 1.15 bits per heavy atom. The van der Waals surface area contributed by atoms with Gasteiger partial charge in [-0.05, 0) is 48.4 Å². The summed E-state index contributed by atoms with van der Waals surface area (Å²) in [6.45, 7) is 2.42. The minimum Gasteiger partial charge on any atom is -0.366 e. The van der Waals surface area contributed by atoms with Gasteiger partial charge in [-0.15, -0.1) is 0 Å². The SMILES string of the molecule is Cc1ccc(NCc2ccc(NC(=O)c3cccnc3)cc2)nc1C#N. The van der Waals surface area contributed by atoms with E-state index >= 15 is 0 Å². The maximum Gasteiger partial charge on any atom is 0.257 e. The van der Waals surface area contributed by atoms with Crippen LogP contribution in [0.1, 0.15) is 27.2 Å². The van der Waals surface area contributed by atoms with Crippen molar-refractivity contribution in [2.75, 3.05) is 10.6 Å². The molecule has 3 rings (SSSR count). The molecule has 0 saturated heterocycles. The van der Waals surface area contributed by atoms with E-state index in [1.54, 1.807) is 18.3 Å². The zero-order chi connectivity index (χ0) is 18.4. The number of amides is 1. The Hall–Kier alpha value is -3.72. The highest BCUT2D eigenvalue weighted by Crippen LogP contribution is 2.14. The molecule has 1 aromatic carbocycles. The third-order valence-corrected chi connectivity index (χ3v) is 3.81. The molecule has 0 bridgehead atoms. The lowest BCUT2D eigenvalue weighted by atomic mass is 10.2. The predicted molar refractivity (Wildman–Crippen MR) is 99.6 cm³/mol. The zero-order valence-electron chi connectivity index (χ0n) is 14.2. The summed E-state index contributed by atoms with van der Waals surface area (Å²) in [5, 5.41) is 15.1. The molecule has 6 nitrogen and oxygen atoms in total. The second-order valence-corrected chi connectivity index (χ2v) is 5.72. The number of hydrogen-bond acceptors (Lipinski definition) is 5. The number of nitrogens with one attached hydrogen (secondary N) is 2. The molecular formula is C20H17N5O. The third kappa shape index (κ3) is 4.22. The Bertz CT molecular complexity index is 946. The van der Waals surface area contributed by atoms with E-state index in [0.29, 0.717) is 29.3 Å². The van der Waals surface area contributed by atoms with Gasteiger partial charge in [0.1, 0.15) is 17.6 Å². The van der Waals surface area contributed by atoms with E-state index in [9.17, 15) is 4.79 Å². The topological polar surface area (TPSA) is 90.7 Å². The number of nitrogens with zero attached hydrogens (tertiary/aromatic N) is 3. The fourth-order valence-electron chi connectivity index (χ4n) is 2.34. The van der Waals surface area contributed by atoms with E-state index in [2.05, 4.69) is 26.7 Å². The second-order valence-electron chi connectivity index (χ2n) is 5.72. The largest absolute Gasteiger partial charge is 0.366 e. The lowest BCUT2D eigenvalue weighted by Crippen LogP contribution is -2.12. The van der Waals surface area contributed by atoms with Gasteiger partial charge in [-0.1, -0.05) is 18.2 Å². The summed E-state index contributed by atoms with van der Waals surface area (Å²) < 4.78 is 0. The van der Waals surface area contributed by atoms with Crippen molar-refractivity contribution in [3.05, 3.63) is 83.3 Å². The number of benzene rings is 1. The van der Waals surface area contributed by atoms with E-state index in [0.717, 1.165) is 11.1 Å². The van der Waals surface area contributed by atoms with Crippen molar-refractivity contribution >= 4 is 17.4 Å². The van der Waals surface area contributed by atoms with Gasteiger partial charge in [-0.25, -0.2) is 4.98 Å². The van der Waals surface area contributed by atoms with Crippen molar-refractivity contribution in [3.8, 4) is 6.07 Å². The number of aryl methyl sites for hydroxylation is 1. The van der Waals surface area contributed by atoms with Gasteiger partial charge < -0.3 is 10.6 Å². The molecule has 2 N–H and O–H groups in total. The summed E-state index contributed by atoms with van der Waals surface area (Å²) in [4.78, 5) is 20.3. The summed E-state index contributed by atoms with van der Waals surface area (Å²) in [5.74, 6) is 0.456. The van der Waals surface area contributed by atoms with Crippen molar-refractivity contribution in [2.45, 2.75) is 13.5 Å². The Kier molecular flexibility index (Phi) is 5.20. The molecule has 0 atom stereocenters. The van der Waals surface area contributed by atoms with Crippen LogP contribution in [0.15, 0.2) is 60.9 Å². The van der Waals surface area contributed by atoms with Crippen LogP contribution >= 0.6 is 0 Å². The van der Waals surface area contributed by atoms with E-state index in [1.807, 2.05) is 43.3 Å².